The van der Waals surface area contributed by atoms with Gasteiger partial charge in [0.25, 0.3) is 0 Å². The number of hydrogen-bond donors (Lipinski definition) is 2. The minimum absolute atomic E-state index is 0.223. The third-order valence-electron chi connectivity index (χ3n) is 7.36. The molecule has 1 aliphatic carbocycles. The van der Waals surface area contributed by atoms with E-state index in [4.69, 9.17) is 18.9 Å². The molecular formula is C33H37NO6. The van der Waals surface area contributed by atoms with Gasteiger partial charge in [0.1, 0.15) is 24.2 Å². The van der Waals surface area contributed by atoms with Gasteiger partial charge in [-0.05, 0) is 83.5 Å². The molecule has 210 valence electrons. The van der Waals surface area contributed by atoms with Crippen molar-refractivity contribution in [2.45, 2.75) is 58.1 Å². The molecule has 0 aromatic heterocycles. The molecule has 1 fully saturated rings. The van der Waals surface area contributed by atoms with Gasteiger partial charge in [0.05, 0.1) is 0 Å². The quantitative estimate of drug-likeness (QED) is 0.175. The van der Waals surface area contributed by atoms with Gasteiger partial charge in [-0.1, -0.05) is 50.1 Å². The Morgan fingerprint density at radius 3 is 2.20 bits per heavy atom. The van der Waals surface area contributed by atoms with E-state index < -0.39 is 6.10 Å². The van der Waals surface area contributed by atoms with Gasteiger partial charge in [0.15, 0.2) is 11.5 Å². The summed E-state index contributed by atoms with van der Waals surface area (Å²) in [5.74, 6) is 2.33. The van der Waals surface area contributed by atoms with Crippen LogP contribution in [0.2, 0.25) is 0 Å². The van der Waals surface area contributed by atoms with Crippen LogP contribution in [0.1, 0.15) is 62.6 Å². The lowest BCUT2D eigenvalue weighted by Crippen LogP contribution is -2.36. The molecule has 1 heterocycles. The number of aliphatic hydroxyl groups excluding tert-OH is 1. The molecule has 0 spiro atoms. The van der Waals surface area contributed by atoms with Crippen molar-refractivity contribution in [3.05, 3.63) is 83.4 Å². The van der Waals surface area contributed by atoms with Crippen molar-refractivity contribution < 1.29 is 28.8 Å². The number of fused-ring (bicyclic) bond motifs is 1. The number of nitrogens with one attached hydrogen (secondary N) is 1. The summed E-state index contributed by atoms with van der Waals surface area (Å²) in [5, 5.41) is 13.8. The maximum Gasteiger partial charge on any atom is 0.308 e. The maximum absolute atomic E-state index is 11.4. The van der Waals surface area contributed by atoms with Gasteiger partial charge in [-0.25, -0.2) is 0 Å². The highest BCUT2D eigenvalue weighted by Gasteiger charge is 2.19. The Kier molecular flexibility index (Phi) is 9.04. The lowest BCUT2D eigenvalue weighted by atomic mass is 9.88. The molecule has 40 heavy (non-hydrogen) atoms. The van der Waals surface area contributed by atoms with Crippen LogP contribution >= 0.6 is 0 Å². The molecule has 1 saturated carbocycles. The summed E-state index contributed by atoms with van der Waals surface area (Å²) in [5.41, 5.74) is 5.26. The molecule has 7 nitrogen and oxygen atoms in total. The van der Waals surface area contributed by atoms with Crippen molar-refractivity contribution in [1.29, 1.82) is 0 Å². The highest BCUT2D eigenvalue weighted by Crippen LogP contribution is 2.40. The monoisotopic (exact) mass is 543 g/mol. The summed E-state index contributed by atoms with van der Waals surface area (Å²) < 4.78 is 22.3. The zero-order valence-corrected chi connectivity index (χ0v) is 23.2. The summed E-state index contributed by atoms with van der Waals surface area (Å²) in [7, 11) is 0. The first-order valence-corrected chi connectivity index (χ1v) is 14.1. The van der Waals surface area contributed by atoms with E-state index in [0.717, 1.165) is 45.8 Å². The normalized spacial score (nSPS) is 16.0. The van der Waals surface area contributed by atoms with Crippen LogP contribution in [-0.4, -0.2) is 43.2 Å². The molecule has 2 aliphatic rings. The van der Waals surface area contributed by atoms with E-state index in [1.807, 2.05) is 60.7 Å². The fraction of sp³-hybridized carbons (Fsp3) is 0.364. The van der Waals surface area contributed by atoms with Crippen LogP contribution < -0.4 is 24.3 Å². The minimum Gasteiger partial charge on any atom is -0.491 e. The molecule has 0 amide bonds. The number of rotatable bonds is 11. The Morgan fingerprint density at radius 1 is 0.925 bits per heavy atom. The number of esters is 1. The number of benzene rings is 3. The minimum atomic E-state index is -0.566. The van der Waals surface area contributed by atoms with Gasteiger partial charge in [0.2, 0.25) is 6.79 Å². The first-order chi connectivity index (χ1) is 19.5. The van der Waals surface area contributed by atoms with Gasteiger partial charge in [-0.2, -0.15) is 0 Å². The molecule has 3 aromatic carbocycles. The van der Waals surface area contributed by atoms with Crippen LogP contribution in [0.25, 0.3) is 11.1 Å². The first kappa shape index (κ1) is 27.7. The van der Waals surface area contributed by atoms with Crippen LogP contribution in [0.3, 0.4) is 0 Å². The van der Waals surface area contributed by atoms with Crippen LogP contribution in [0.5, 0.6) is 23.0 Å². The molecule has 0 saturated heterocycles. The number of aliphatic hydroxyl groups is 1. The van der Waals surface area contributed by atoms with Crippen LogP contribution in [-0.2, 0) is 4.79 Å². The van der Waals surface area contributed by atoms with Crippen molar-refractivity contribution in [3.8, 4) is 23.0 Å². The largest absolute Gasteiger partial charge is 0.491 e. The third kappa shape index (κ3) is 6.84. The van der Waals surface area contributed by atoms with Gasteiger partial charge in [0, 0.05) is 19.5 Å². The predicted molar refractivity (Wildman–Crippen MR) is 155 cm³/mol. The van der Waals surface area contributed by atoms with Crippen LogP contribution in [0.15, 0.2) is 66.7 Å². The maximum atomic E-state index is 11.4. The number of allylic oxidation sites excluding steroid dienone is 1. The zero-order chi connectivity index (χ0) is 27.9. The molecule has 3 aromatic rings. The molecular weight excluding hydrogens is 506 g/mol. The Labute approximate surface area is 235 Å². The molecule has 2 N–H and O–H groups in total. The van der Waals surface area contributed by atoms with Crippen molar-refractivity contribution in [1.82, 2.24) is 5.32 Å². The fourth-order valence-corrected chi connectivity index (χ4v) is 5.38. The standard InChI is InChI=1S/C33H37NO6/c1-3-30(25-12-17-31-32(18-25)39-21-38-31)33(24-10-15-29(16-11-24)40-22(2)35)23-8-13-28(14-9-23)37-20-27(36)19-34-26-6-4-5-7-26/h8-18,26-27,34,36H,3-7,19-21H2,1-2H3. The zero-order valence-electron chi connectivity index (χ0n) is 23.2. The van der Waals surface area contributed by atoms with E-state index in [1.54, 1.807) is 0 Å². The highest BCUT2D eigenvalue weighted by molar-refractivity contribution is 5.99. The summed E-state index contributed by atoms with van der Waals surface area (Å²) in [6.07, 6.45) is 5.10. The molecule has 1 unspecified atom stereocenters. The average Bonchev–Trinajstić information content (AvgIpc) is 3.66. The topological polar surface area (TPSA) is 86.2 Å². The van der Waals surface area contributed by atoms with E-state index in [-0.39, 0.29) is 19.4 Å². The molecule has 5 rings (SSSR count). The number of carbonyl (C=O) groups excluding carboxylic acids is 1. The molecule has 1 aliphatic heterocycles. The van der Waals surface area contributed by atoms with E-state index in [9.17, 15) is 9.90 Å². The summed E-state index contributed by atoms with van der Waals surface area (Å²) in [4.78, 5) is 11.4. The van der Waals surface area contributed by atoms with Crippen molar-refractivity contribution in [2.75, 3.05) is 19.9 Å². The van der Waals surface area contributed by atoms with Crippen LogP contribution in [0, 0.1) is 0 Å². The lowest BCUT2D eigenvalue weighted by Gasteiger charge is -2.18. The van der Waals surface area contributed by atoms with E-state index in [0.29, 0.717) is 24.1 Å². The van der Waals surface area contributed by atoms with E-state index >= 15 is 0 Å². The second-order valence-corrected chi connectivity index (χ2v) is 10.3. The molecule has 1 atom stereocenters. The van der Waals surface area contributed by atoms with Gasteiger partial charge in [-0.3, -0.25) is 4.79 Å². The fourth-order valence-electron chi connectivity index (χ4n) is 5.38. The third-order valence-corrected chi connectivity index (χ3v) is 7.36. The predicted octanol–water partition coefficient (Wildman–Crippen LogP) is 5.98. The summed E-state index contributed by atoms with van der Waals surface area (Å²) in [6, 6.07) is 22.0. The van der Waals surface area contributed by atoms with E-state index in [1.165, 1.54) is 32.6 Å². The Morgan fingerprint density at radius 2 is 1.55 bits per heavy atom. The van der Waals surface area contributed by atoms with Crippen molar-refractivity contribution >= 4 is 17.1 Å². The van der Waals surface area contributed by atoms with Gasteiger partial charge >= 0.3 is 5.97 Å². The van der Waals surface area contributed by atoms with Gasteiger partial charge in [-0.15, -0.1) is 0 Å². The summed E-state index contributed by atoms with van der Waals surface area (Å²) in [6.45, 7) is 4.51. The first-order valence-electron chi connectivity index (χ1n) is 14.1. The average molecular weight is 544 g/mol. The Bertz CT molecular complexity index is 1330. The second kappa shape index (κ2) is 13.0. The van der Waals surface area contributed by atoms with Gasteiger partial charge < -0.3 is 29.4 Å². The number of carbonyl (C=O) groups is 1. The summed E-state index contributed by atoms with van der Waals surface area (Å²) >= 11 is 0. The van der Waals surface area contributed by atoms with Crippen molar-refractivity contribution in [3.63, 3.8) is 0 Å². The molecule has 7 heteroatoms. The highest BCUT2D eigenvalue weighted by atomic mass is 16.7. The number of ether oxygens (including phenoxy) is 4. The second-order valence-electron chi connectivity index (χ2n) is 10.3. The molecule has 0 bridgehead atoms. The lowest BCUT2D eigenvalue weighted by molar-refractivity contribution is -0.131. The SMILES string of the molecule is CCC(=C(c1ccc(OCC(O)CNC2CCCC2)cc1)c1ccc(OC(C)=O)cc1)c1ccc2c(c1)OCO2. The Balaban J connectivity index is 1.39. The number of hydrogen-bond acceptors (Lipinski definition) is 7. The Hall–Kier alpha value is -3.81. The van der Waals surface area contributed by atoms with Crippen LogP contribution in [0.4, 0.5) is 0 Å². The van der Waals surface area contributed by atoms with E-state index in [2.05, 4.69) is 18.3 Å². The smallest absolute Gasteiger partial charge is 0.308 e. The molecule has 0 radical (unpaired) electrons. The van der Waals surface area contributed by atoms with Crippen molar-refractivity contribution in [2.24, 2.45) is 0 Å².